The molecule has 1 aliphatic heterocycles. The minimum atomic E-state index is -0.0559. The monoisotopic (exact) mass is 328 g/mol. The van der Waals surface area contributed by atoms with E-state index in [1.807, 2.05) is 54.6 Å². The summed E-state index contributed by atoms with van der Waals surface area (Å²) in [5, 5.41) is 1.19. The van der Waals surface area contributed by atoms with Crippen molar-refractivity contribution in [1.29, 1.82) is 0 Å². The fraction of sp³-hybridized carbons (Fsp3) is 0.0588. The van der Waals surface area contributed by atoms with Crippen LogP contribution in [0.25, 0.3) is 6.08 Å². The molecule has 1 aliphatic rings. The van der Waals surface area contributed by atoms with E-state index in [2.05, 4.69) is 4.99 Å². The molecule has 5 heteroatoms. The van der Waals surface area contributed by atoms with Crippen molar-refractivity contribution in [3.05, 3.63) is 70.1 Å². The number of amidine groups is 1. The molecule has 1 amide bonds. The second-order valence-corrected chi connectivity index (χ2v) is 6.15. The molecule has 3 rings (SSSR count). The van der Waals surface area contributed by atoms with Gasteiger partial charge in [-0.1, -0.05) is 54.1 Å². The number of nitrogens with zero attached hydrogens (tertiary/aromatic N) is 2. The molecule has 0 saturated carbocycles. The van der Waals surface area contributed by atoms with Crippen LogP contribution in [0.1, 0.15) is 5.56 Å². The second-order valence-electron chi connectivity index (χ2n) is 4.73. The molecule has 2 aromatic rings. The summed E-state index contributed by atoms with van der Waals surface area (Å²) in [6.07, 6.45) is 1.87. The smallest absolute Gasteiger partial charge is 0.266 e. The summed E-state index contributed by atoms with van der Waals surface area (Å²) in [6.45, 7) is 0. The Labute approximate surface area is 138 Å². The van der Waals surface area contributed by atoms with Gasteiger partial charge in [-0.3, -0.25) is 9.69 Å². The first kappa shape index (κ1) is 14.9. The van der Waals surface area contributed by atoms with E-state index < -0.39 is 0 Å². The van der Waals surface area contributed by atoms with Gasteiger partial charge >= 0.3 is 0 Å². The molecule has 0 unspecified atom stereocenters. The number of carbonyl (C=O) groups excluding carboxylic acids is 1. The highest BCUT2D eigenvalue weighted by molar-refractivity contribution is 8.18. The lowest BCUT2D eigenvalue weighted by Gasteiger charge is -2.07. The summed E-state index contributed by atoms with van der Waals surface area (Å²) < 4.78 is 0. The van der Waals surface area contributed by atoms with Gasteiger partial charge in [0.25, 0.3) is 5.91 Å². The zero-order chi connectivity index (χ0) is 15.5. The number of hydrogen-bond acceptors (Lipinski definition) is 3. The number of aliphatic imine (C=N–C) groups is 1. The molecule has 0 N–H and O–H groups in total. The quantitative estimate of drug-likeness (QED) is 0.756. The topological polar surface area (TPSA) is 32.7 Å². The predicted molar refractivity (Wildman–Crippen MR) is 93.3 cm³/mol. The third-order valence-corrected chi connectivity index (χ3v) is 4.55. The maximum Gasteiger partial charge on any atom is 0.266 e. The number of likely N-dealkylation sites (N-methyl/N-ethyl adjacent to an activating group) is 1. The van der Waals surface area contributed by atoms with Crippen LogP contribution in [0, 0.1) is 0 Å². The highest BCUT2D eigenvalue weighted by atomic mass is 35.5. The number of thioether (sulfide) groups is 1. The Hall–Kier alpha value is -2.04. The van der Waals surface area contributed by atoms with Gasteiger partial charge in [0.2, 0.25) is 0 Å². The number of hydrogen-bond donors (Lipinski definition) is 0. The van der Waals surface area contributed by atoms with Gasteiger partial charge in [0.05, 0.1) is 15.6 Å². The molecule has 0 aromatic heterocycles. The van der Waals surface area contributed by atoms with E-state index in [1.165, 1.54) is 11.8 Å². The molecule has 0 radical (unpaired) electrons. The molecule has 2 aromatic carbocycles. The van der Waals surface area contributed by atoms with Crippen LogP contribution in [-0.2, 0) is 4.79 Å². The van der Waals surface area contributed by atoms with Crippen molar-refractivity contribution in [2.24, 2.45) is 4.99 Å². The molecule has 0 aliphatic carbocycles. The fourth-order valence-corrected chi connectivity index (χ4v) is 3.16. The summed E-state index contributed by atoms with van der Waals surface area (Å²) in [5.41, 5.74) is 1.65. The van der Waals surface area contributed by atoms with Crippen molar-refractivity contribution in [2.45, 2.75) is 0 Å². The molecule has 1 saturated heterocycles. The van der Waals surface area contributed by atoms with E-state index >= 15 is 0 Å². The van der Waals surface area contributed by atoms with Crippen LogP contribution in [-0.4, -0.2) is 23.0 Å². The molecule has 3 nitrogen and oxygen atoms in total. The Morgan fingerprint density at radius 3 is 2.50 bits per heavy atom. The van der Waals surface area contributed by atoms with E-state index in [1.54, 1.807) is 18.0 Å². The lowest BCUT2D eigenvalue weighted by Crippen LogP contribution is -2.23. The van der Waals surface area contributed by atoms with E-state index in [-0.39, 0.29) is 5.91 Å². The molecule has 0 spiro atoms. The van der Waals surface area contributed by atoms with Gasteiger partial charge in [0, 0.05) is 7.05 Å². The first-order chi connectivity index (χ1) is 10.6. The summed E-state index contributed by atoms with van der Waals surface area (Å²) in [6, 6.07) is 17.1. The maximum absolute atomic E-state index is 12.3. The van der Waals surface area contributed by atoms with Crippen molar-refractivity contribution in [1.82, 2.24) is 4.90 Å². The van der Waals surface area contributed by atoms with Crippen LogP contribution in [0.4, 0.5) is 5.69 Å². The Morgan fingerprint density at radius 2 is 1.77 bits per heavy atom. The third-order valence-electron chi connectivity index (χ3n) is 3.17. The average molecular weight is 329 g/mol. The first-order valence-electron chi connectivity index (χ1n) is 6.71. The van der Waals surface area contributed by atoms with E-state index in [0.717, 1.165) is 5.56 Å². The van der Waals surface area contributed by atoms with Gasteiger partial charge in [-0.25, -0.2) is 4.99 Å². The van der Waals surface area contributed by atoms with Gasteiger partial charge in [-0.15, -0.1) is 0 Å². The molecule has 1 fully saturated rings. The Balaban J connectivity index is 1.92. The molecular formula is C17H13ClN2OS. The number of carbonyl (C=O) groups is 1. The predicted octanol–water partition coefficient (Wildman–Crippen LogP) is 4.57. The van der Waals surface area contributed by atoms with Crippen LogP contribution < -0.4 is 0 Å². The lowest BCUT2D eigenvalue weighted by molar-refractivity contribution is -0.121. The third kappa shape index (κ3) is 3.08. The zero-order valence-electron chi connectivity index (χ0n) is 11.9. The van der Waals surface area contributed by atoms with Gasteiger partial charge in [-0.2, -0.15) is 0 Å². The van der Waals surface area contributed by atoms with Gasteiger partial charge in [0.15, 0.2) is 5.17 Å². The number of rotatable bonds is 2. The van der Waals surface area contributed by atoms with Crippen LogP contribution in [0.2, 0.25) is 5.02 Å². The lowest BCUT2D eigenvalue weighted by atomic mass is 10.2. The van der Waals surface area contributed by atoms with Crippen molar-refractivity contribution in [2.75, 3.05) is 7.05 Å². The van der Waals surface area contributed by atoms with Crippen LogP contribution >= 0.6 is 23.4 Å². The standard InChI is InChI=1S/C17H13ClN2OS/c1-20-16(21)15(11-12-7-3-2-4-8-12)22-17(20)19-14-10-6-5-9-13(14)18/h2-11H,1H3/b15-11+,19-17?. The number of halogens is 1. The van der Waals surface area contributed by atoms with Crippen LogP contribution in [0.15, 0.2) is 64.5 Å². The molecule has 0 bridgehead atoms. The molecule has 0 atom stereocenters. The highest BCUT2D eigenvalue weighted by Gasteiger charge is 2.30. The van der Waals surface area contributed by atoms with E-state index in [9.17, 15) is 4.79 Å². The molecule has 110 valence electrons. The summed E-state index contributed by atoms with van der Waals surface area (Å²) in [7, 11) is 1.72. The molecule has 1 heterocycles. The second kappa shape index (κ2) is 6.38. The Bertz CT molecular complexity index is 771. The fourth-order valence-electron chi connectivity index (χ4n) is 2.00. The summed E-state index contributed by atoms with van der Waals surface area (Å²) in [4.78, 5) is 19.0. The van der Waals surface area contributed by atoms with Crippen molar-refractivity contribution in [3.63, 3.8) is 0 Å². The largest absolute Gasteiger partial charge is 0.290 e. The summed E-state index contributed by atoms with van der Waals surface area (Å²) in [5.74, 6) is -0.0559. The Morgan fingerprint density at radius 1 is 1.09 bits per heavy atom. The van der Waals surface area contributed by atoms with Crippen LogP contribution in [0.3, 0.4) is 0 Å². The highest BCUT2D eigenvalue weighted by Crippen LogP contribution is 2.34. The van der Waals surface area contributed by atoms with E-state index in [4.69, 9.17) is 11.6 Å². The number of benzene rings is 2. The van der Waals surface area contributed by atoms with Crippen molar-refractivity contribution < 1.29 is 4.79 Å². The summed E-state index contributed by atoms with van der Waals surface area (Å²) >= 11 is 7.47. The maximum atomic E-state index is 12.3. The Kier molecular flexibility index (Phi) is 4.32. The van der Waals surface area contributed by atoms with Crippen LogP contribution in [0.5, 0.6) is 0 Å². The van der Waals surface area contributed by atoms with Crippen molar-refractivity contribution in [3.8, 4) is 0 Å². The van der Waals surface area contributed by atoms with Gasteiger partial charge in [-0.05, 0) is 35.5 Å². The minimum absolute atomic E-state index is 0.0559. The molecular weight excluding hydrogens is 316 g/mol. The van der Waals surface area contributed by atoms with Gasteiger partial charge in [0.1, 0.15) is 0 Å². The van der Waals surface area contributed by atoms with Crippen molar-refractivity contribution >= 4 is 46.2 Å². The number of amides is 1. The van der Waals surface area contributed by atoms with Gasteiger partial charge < -0.3 is 0 Å². The first-order valence-corrected chi connectivity index (χ1v) is 7.90. The number of para-hydroxylation sites is 1. The SMILES string of the molecule is CN1C(=O)/C(=C\c2ccccc2)SC1=Nc1ccccc1Cl. The average Bonchev–Trinajstić information content (AvgIpc) is 2.79. The minimum Gasteiger partial charge on any atom is -0.290 e. The van der Waals surface area contributed by atoms with E-state index in [0.29, 0.717) is 20.8 Å². The molecule has 22 heavy (non-hydrogen) atoms. The zero-order valence-corrected chi connectivity index (χ0v) is 13.4. The normalized spacial score (nSPS) is 18.5.